The number of carbonyl (C=O) groups is 2. The number of likely N-dealkylation sites (tertiary alicyclic amines) is 1. The first-order valence-electron chi connectivity index (χ1n) is 10.0. The van der Waals surface area contributed by atoms with E-state index in [0.29, 0.717) is 23.5 Å². The minimum absolute atomic E-state index is 0.0102. The van der Waals surface area contributed by atoms with Crippen molar-refractivity contribution >= 4 is 17.6 Å². The van der Waals surface area contributed by atoms with Crippen LogP contribution in [0.25, 0.3) is 0 Å². The van der Waals surface area contributed by atoms with E-state index in [-0.39, 0.29) is 11.9 Å². The zero-order valence-electron chi connectivity index (χ0n) is 17.0. The summed E-state index contributed by atoms with van der Waals surface area (Å²) in [6.07, 6.45) is 6.11. The van der Waals surface area contributed by atoms with Crippen molar-refractivity contribution in [1.82, 2.24) is 15.2 Å². The van der Waals surface area contributed by atoms with Gasteiger partial charge in [0.25, 0.3) is 5.91 Å². The lowest BCUT2D eigenvalue weighted by Crippen LogP contribution is -2.32. The number of amides is 3. The average molecular weight is 396 g/mol. The Kier molecular flexibility index (Phi) is 7.05. The maximum Gasteiger partial charge on any atom is 0.319 e. The Labute approximate surface area is 171 Å². The zero-order valence-corrected chi connectivity index (χ0v) is 17.0. The highest BCUT2D eigenvalue weighted by Crippen LogP contribution is 2.26. The van der Waals surface area contributed by atoms with Crippen molar-refractivity contribution in [1.29, 1.82) is 0 Å². The Morgan fingerprint density at radius 3 is 2.59 bits per heavy atom. The van der Waals surface area contributed by atoms with Crippen LogP contribution >= 0.6 is 0 Å². The molecule has 1 saturated heterocycles. The highest BCUT2D eigenvalue weighted by atomic mass is 16.5. The van der Waals surface area contributed by atoms with E-state index in [1.54, 1.807) is 24.4 Å². The summed E-state index contributed by atoms with van der Waals surface area (Å²) in [7, 11) is 1.54. The Morgan fingerprint density at radius 2 is 1.90 bits per heavy atom. The molecule has 7 heteroatoms. The number of ether oxygens (including phenoxy) is 1. The predicted molar refractivity (Wildman–Crippen MR) is 112 cm³/mol. The number of benzene rings is 1. The molecule has 3 amide bonds. The smallest absolute Gasteiger partial charge is 0.319 e. The minimum Gasteiger partial charge on any atom is -0.495 e. The number of hydrogen-bond donors (Lipinski definition) is 2. The van der Waals surface area contributed by atoms with Gasteiger partial charge in [0.05, 0.1) is 12.8 Å². The van der Waals surface area contributed by atoms with E-state index in [1.807, 2.05) is 24.0 Å². The molecule has 29 heavy (non-hydrogen) atoms. The minimum atomic E-state index is -0.370. The van der Waals surface area contributed by atoms with Gasteiger partial charge < -0.3 is 20.3 Å². The first-order valence-corrected chi connectivity index (χ1v) is 10.0. The highest BCUT2D eigenvalue weighted by Gasteiger charge is 2.19. The number of carbonyl (C=O) groups excluding carboxylic acids is 2. The highest BCUT2D eigenvalue weighted by molar-refractivity contribution is 5.98. The largest absolute Gasteiger partial charge is 0.495 e. The van der Waals surface area contributed by atoms with Crippen molar-refractivity contribution in [2.75, 3.05) is 25.5 Å². The third kappa shape index (κ3) is 5.47. The number of pyridine rings is 1. The lowest BCUT2D eigenvalue weighted by Gasteiger charge is -2.21. The van der Waals surface area contributed by atoms with E-state index in [0.717, 1.165) is 50.0 Å². The van der Waals surface area contributed by atoms with Crippen molar-refractivity contribution in [3.05, 3.63) is 53.3 Å². The molecule has 7 nitrogen and oxygen atoms in total. The second kappa shape index (κ2) is 9.91. The zero-order chi connectivity index (χ0) is 20.6. The number of aromatic nitrogens is 1. The van der Waals surface area contributed by atoms with Crippen LogP contribution in [0.5, 0.6) is 5.75 Å². The Balaban J connectivity index is 1.68. The summed E-state index contributed by atoms with van der Waals surface area (Å²) >= 11 is 0. The lowest BCUT2D eigenvalue weighted by atomic mass is 10.1. The van der Waals surface area contributed by atoms with Crippen LogP contribution in [0.15, 0.2) is 36.5 Å². The maximum absolute atomic E-state index is 12.9. The summed E-state index contributed by atoms with van der Waals surface area (Å²) in [6, 6.07) is 8.53. The molecule has 2 N–H and O–H groups in total. The fraction of sp³-hybridized carbons (Fsp3) is 0.409. The van der Waals surface area contributed by atoms with E-state index in [4.69, 9.17) is 4.74 Å². The van der Waals surface area contributed by atoms with Gasteiger partial charge in [-0.3, -0.25) is 9.78 Å². The first kappa shape index (κ1) is 20.6. The van der Waals surface area contributed by atoms with Crippen LogP contribution in [0.1, 0.15) is 47.3 Å². The van der Waals surface area contributed by atoms with Gasteiger partial charge in [-0.25, -0.2) is 4.79 Å². The van der Waals surface area contributed by atoms with Crippen LogP contribution in [-0.2, 0) is 6.54 Å². The molecule has 0 saturated carbocycles. The van der Waals surface area contributed by atoms with Gasteiger partial charge in [0.2, 0.25) is 0 Å². The number of urea groups is 1. The van der Waals surface area contributed by atoms with Gasteiger partial charge in [-0.2, -0.15) is 0 Å². The van der Waals surface area contributed by atoms with Gasteiger partial charge in [-0.15, -0.1) is 0 Å². The van der Waals surface area contributed by atoms with E-state index < -0.39 is 0 Å². The topological polar surface area (TPSA) is 83.6 Å². The van der Waals surface area contributed by atoms with E-state index in [9.17, 15) is 9.59 Å². The SMILES string of the molecule is COc1ccc(C(=O)N2CCCCCC2)cc1NC(=O)NCc1cccnc1C. The van der Waals surface area contributed by atoms with Crippen LogP contribution in [0.2, 0.25) is 0 Å². The maximum atomic E-state index is 12.9. The third-order valence-corrected chi connectivity index (χ3v) is 5.14. The molecule has 0 aliphatic carbocycles. The molecule has 2 heterocycles. The summed E-state index contributed by atoms with van der Waals surface area (Å²) in [6.45, 7) is 3.81. The normalized spacial score (nSPS) is 14.1. The molecule has 0 unspecified atom stereocenters. The standard InChI is InChI=1S/C22H28N4O3/c1-16-18(8-7-11-23-16)15-24-22(28)25-19-14-17(9-10-20(19)29-2)21(27)26-12-5-3-4-6-13-26/h7-11,14H,3-6,12-13,15H2,1-2H3,(H2,24,25,28). The van der Waals surface area contributed by atoms with E-state index in [1.165, 1.54) is 7.11 Å². The predicted octanol–water partition coefficient (Wildman–Crippen LogP) is 3.74. The lowest BCUT2D eigenvalue weighted by molar-refractivity contribution is 0.0761. The molecule has 2 aromatic rings. The van der Waals surface area contributed by atoms with Crippen LogP contribution in [-0.4, -0.2) is 42.0 Å². The van der Waals surface area contributed by atoms with Crippen molar-refractivity contribution in [3.63, 3.8) is 0 Å². The quantitative estimate of drug-likeness (QED) is 0.806. The molecule has 0 spiro atoms. The Morgan fingerprint density at radius 1 is 1.14 bits per heavy atom. The van der Waals surface area contributed by atoms with Gasteiger partial charge in [0.15, 0.2) is 0 Å². The molecule has 1 aliphatic rings. The Bertz CT molecular complexity index is 861. The van der Waals surface area contributed by atoms with E-state index in [2.05, 4.69) is 15.6 Å². The third-order valence-electron chi connectivity index (χ3n) is 5.14. The second-order valence-electron chi connectivity index (χ2n) is 7.18. The number of nitrogens with one attached hydrogen (secondary N) is 2. The number of aryl methyl sites for hydroxylation is 1. The van der Waals surface area contributed by atoms with Gasteiger partial charge in [-0.1, -0.05) is 18.9 Å². The number of anilines is 1. The molecule has 154 valence electrons. The van der Waals surface area contributed by atoms with Gasteiger partial charge in [0.1, 0.15) is 5.75 Å². The fourth-order valence-corrected chi connectivity index (χ4v) is 3.44. The van der Waals surface area contributed by atoms with Crippen LogP contribution in [0.3, 0.4) is 0 Å². The first-order chi connectivity index (χ1) is 14.1. The van der Waals surface area contributed by atoms with Crippen molar-refractivity contribution in [2.45, 2.75) is 39.2 Å². The number of rotatable bonds is 5. The van der Waals surface area contributed by atoms with Gasteiger partial charge >= 0.3 is 6.03 Å². The average Bonchev–Trinajstić information content (AvgIpc) is 3.02. The molecule has 1 fully saturated rings. The van der Waals surface area contributed by atoms with Crippen LogP contribution in [0, 0.1) is 6.92 Å². The molecule has 1 aromatic heterocycles. The monoisotopic (exact) mass is 396 g/mol. The fourth-order valence-electron chi connectivity index (χ4n) is 3.44. The van der Waals surface area contributed by atoms with Crippen LogP contribution in [0.4, 0.5) is 10.5 Å². The van der Waals surface area contributed by atoms with Crippen molar-refractivity contribution < 1.29 is 14.3 Å². The van der Waals surface area contributed by atoms with Crippen molar-refractivity contribution in [2.24, 2.45) is 0 Å². The van der Waals surface area contributed by atoms with Gasteiger partial charge in [-0.05, 0) is 49.6 Å². The summed E-state index contributed by atoms with van der Waals surface area (Å²) in [4.78, 5) is 31.4. The van der Waals surface area contributed by atoms with E-state index >= 15 is 0 Å². The molecule has 0 atom stereocenters. The molecular weight excluding hydrogens is 368 g/mol. The summed E-state index contributed by atoms with van der Waals surface area (Å²) in [5.41, 5.74) is 2.83. The molecule has 1 aromatic carbocycles. The second-order valence-corrected chi connectivity index (χ2v) is 7.18. The van der Waals surface area contributed by atoms with Gasteiger partial charge in [0, 0.05) is 37.1 Å². The number of hydrogen-bond acceptors (Lipinski definition) is 4. The molecule has 3 rings (SSSR count). The molecular formula is C22H28N4O3. The summed E-state index contributed by atoms with van der Waals surface area (Å²) in [5.74, 6) is 0.495. The summed E-state index contributed by atoms with van der Waals surface area (Å²) in [5, 5.41) is 5.61. The number of nitrogens with zero attached hydrogens (tertiary/aromatic N) is 2. The number of methoxy groups -OCH3 is 1. The van der Waals surface area contributed by atoms with Crippen LogP contribution < -0.4 is 15.4 Å². The van der Waals surface area contributed by atoms with Crippen molar-refractivity contribution in [3.8, 4) is 5.75 Å². The molecule has 0 bridgehead atoms. The Hall–Kier alpha value is -3.09. The summed E-state index contributed by atoms with van der Waals surface area (Å²) < 4.78 is 5.35. The molecule has 0 radical (unpaired) electrons. The molecule has 1 aliphatic heterocycles.